The van der Waals surface area contributed by atoms with Crippen LogP contribution in [0.25, 0.3) is 0 Å². The molecule has 1 atom stereocenters. The zero-order valence-corrected chi connectivity index (χ0v) is 19.4. The Morgan fingerprint density at radius 2 is 1.89 bits per heavy atom. The van der Waals surface area contributed by atoms with Gasteiger partial charge in [0.25, 0.3) is 0 Å². The topological polar surface area (TPSA) is 59.9 Å². The Hall–Kier alpha value is -0.860. The number of hydrogen-bond acceptors (Lipinski definition) is 3. The fourth-order valence-corrected chi connectivity index (χ4v) is 3.22. The molecule has 0 spiro atoms. The third-order valence-electron chi connectivity index (χ3n) is 5.01. The Labute approximate surface area is 182 Å². The van der Waals surface area contributed by atoms with Gasteiger partial charge < -0.3 is 20.6 Å². The first kappa shape index (κ1) is 24.2. The molecular weight excluding hydrogens is 451 g/mol. The Bertz CT molecular complexity index is 542. The number of aliphatic imine (C=N–C) groups is 1. The summed E-state index contributed by atoms with van der Waals surface area (Å²) >= 11 is 0. The van der Waals surface area contributed by atoms with Gasteiger partial charge in [-0.3, -0.25) is 4.99 Å². The molecule has 0 radical (unpaired) electrons. The fraction of sp³-hybridized carbons (Fsp3) is 0.667. The van der Waals surface area contributed by atoms with Crippen molar-refractivity contribution in [1.82, 2.24) is 15.5 Å². The second kappa shape index (κ2) is 13.3. The number of hydrogen-bond donors (Lipinski definition) is 3. The van der Waals surface area contributed by atoms with Crippen molar-refractivity contribution in [2.24, 2.45) is 4.99 Å². The summed E-state index contributed by atoms with van der Waals surface area (Å²) in [4.78, 5) is 7.20. The van der Waals surface area contributed by atoms with E-state index in [-0.39, 0.29) is 30.1 Å². The van der Waals surface area contributed by atoms with Crippen molar-refractivity contribution in [3.8, 4) is 0 Å². The molecule has 2 rings (SSSR count). The van der Waals surface area contributed by atoms with Crippen molar-refractivity contribution < 1.29 is 5.11 Å². The molecule has 27 heavy (non-hydrogen) atoms. The number of aryl methyl sites for hydroxylation is 1. The third kappa shape index (κ3) is 9.25. The van der Waals surface area contributed by atoms with Crippen molar-refractivity contribution in [2.75, 3.05) is 39.3 Å². The number of guanidine groups is 1. The maximum absolute atomic E-state index is 9.57. The van der Waals surface area contributed by atoms with Gasteiger partial charge in [0.05, 0.1) is 6.10 Å². The first-order valence-corrected chi connectivity index (χ1v) is 10.1. The molecular formula is C21H37IN4O. The predicted molar refractivity (Wildman–Crippen MR) is 125 cm³/mol. The van der Waals surface area contributed by atoms with Gasteiger partial charge in [-0.15, -0.1) is 24.0 Å². The van der Waals surface area contributed by atoms with Crippen molar-refractivity contribution in [3.63, 3.8) is 0 Å². The number of rotatable bonds is 8. The van der Waals surface area contributed by atoms with Crippen LogP contribution in [0.4, 0.5) is 0 Å². The number of nitrogens with one attached hydrogen (secondary N) is 2. The largest absolute Gasteiger partial charge is 0.393 e. The summed E-state index contributed by atoms with van der Waals surface area (Å²) in [6.45, 7) is 12.1. The van der Waals surface area contributed by atoms with Crippen LogP contribution in [-0.4, -0.2) is 61.3 Å². The number of likely N-dealkylation sites (tertiary alicyclic amines) is 1. The maximum atomic E-state index is 9.57. The van der Waals surface area contributed by atoms with Gasteiger partial charge in [-0.05, 0) is 45.2 Å². The first-order chi connectivity index (χ1) is 12.6. The van der Waals surface area contributed by atoms with Gasteiger partial charge in [0.1, 0.15) is 0 Å². The minimum atomic E-state index is -0.0904. The normalized spacial score (nSPS) is 17.3. The number of aliphatic hydroxyl groups is 1. The first-order valence-electron chi connectivity index (χ1n) is 10.1. The van der Waals surface area contributed by atoms with Gasteiger partial charge >= 0.3 is 0 Å². The lowest BCUT2D eigenvalue weighted by Gasteiger charge is -2.29. The molecule has 0 bridgehead atoms. The van der Waals surface area contributed by atoms with Crippen LogP contribution in [0, 0.1) is 6.92 Å². The zero-order valence-electron chi connectivity index (χ0n) is 17.1. The summed E-state index contributed by atoms with van der Waals surface area (Å²) in [5.74, 6) is 1.31. The van der Waals surface area contributed by atoms with Crippen molar-refractivity contribution >= 4 is 29.9 Å². The Morgan fingerprint density at radius 1 is 1.22 bits per heavy atom. The van der Waals surface area contributed by atoms with E-state index in [1.54, 1.807) is 0 Å². The average Bonchev–Trinajstić information content (AvgIpc) is 2.65. The molecule has 0 aromatic heterocycles. The van der Waals surface area contributed by atoms with E-state index in [0.717, 1.165) is 64.5 Å². The Morgan fingerprint density at radius 3 is 2.52 bits per heavy atom. The van der Waals surface area contributed by atoms with Crippen molar-refractivity contribution in [1.29, 1.82) is 0 Å². The lowest BCUT2D eigenvalue weighted by Crippen LogP contribution is -2.40. The van der Waals surface area contributed by atoms with Crippen molar-refractivity contribution in [3.05, 3.63) is 35.4 Å². The molecule has 0 aliphatic carbocycles. The van der Waals surface area contributed by atoms with E-state index in [1.807, 2.05) is 0 Å². The van der Waals surface area contributed by atoms with E-state index in [9.17, 15) is 5.11 Å². The highest BCUT2D eigenvalue weighted by Crippen LogP contribution is 2.16. The molecule has 154 valence electrons. The van der Waals surface area contributed by atoms with Crippen LogP contribution in [0.3, 0.4) is 0 Å². The number of piperidine rings is 1. The van der Waals surface area contributed by atoms with Gasteiger partial charge in [-0.25, -0.2) is 0 Å². The van der Waals surface area contributed by atoms with E-state index in [1.165, 1.54) is 11.1 Å². The van der Waals surface area contributed by atoms with Crippen LogP contribution < -0.4 is 10.6 Å². The summed E-state index contributed by atoms with van der Waals surface area (Å²) in [7, 11) is 0. The second-order valence-corrected chi connectivity index (χ2v) is 7.38. The highest BCUT2D eigenvalue weighted by molar-refractivity contribution is 14.0. The van der Waals surface area contributed by atoms with Gasteiger partial charge in [0.2, 0.25) is 0 Å². The van der Waals surface area contributed by atoms with Gasteiger partial charge in [0.15, 0.2) is 5.96 Å². The van der Waals surface area contributed by atoms with E-state index in [4.69, 9.17) is 4.99 Å². The minimum Gasteiger partial charge on any atom is -0.393 e. The van der Waals surface area contributed by atoms with Crippen molar-refractivity contribution in [2.45, 2.75) is 52.1 Å². The summed E-state index contributed by atoms with van der Waals surface area (Å²) in [6, 6.07) is 8.73. The zero-order chi connectivity index (χ0) is 18.8. The second-order valence-electron chi connectivity index (χ2n) is 7.38. The number of benzene rings is 1. The molecule has 1 fully saturated rings. The van der Waals surface area contributed by atoms with Crippen LogP contribution in [0.1, 0.15) is 50.2 Å². The molecule has 1 aliphatic heterocycles. The van der Waals surface area contributed by atoms with Crippen LogP contribution in [0.15, 0.2) is 29.3 Å². The molecule has 5 nitrogen and oxygen atoms in total. The number of halogens is 1. The lowest BCUT2D eigenvalue weighted by atomic mass is 10.0. The molecule has 1 aromatic carbocycles. The summed E-state index contributed by atoms with van der Waals surface area (Å²) < 4.78 is 0. The fourth-order valence-electron chi connectivity index (χ4n) is 3.22. The summed E-state index contributed by atoms with van der Waals surface area (Å²) in [6.07, 6.45) is 2.82. The molecule has 0 amide bonds. The molecule has 3 N–H and O–H groups in total. The van der Waals surface area contributed by atoms with Gasteiger partial charge in [-0.2, -0.15) is 0 Å². The van der Waals surface area contributed by atoms with Crippen LogP contribution >= 0.6 is 24.0 Å². The number of nitrogens with zero attached hydrogens (tertiary/aromatic N) is 2. The van der Waals surface area contributed by atoms with Gasteiger partial charge in [-0.1, -0.05) is 36.8 Å². The van der Waals surface area contributed by atoms with E-state index < -0.39 is 0 Å². The molecule has 1 aromatic rings. The lowest BCUT2D eigenvalue weighted by molar-refractivity contribution is 0.0823. The van der Waals surface area contributed by atoms with Crippen LogP contribution in [0.5, 0.6) is 0 Å². The maximum Gasteiger partial charge on any atom is 0.191 e. The molecule has 6 heteroatoms. The summed E-state index contributed by atoms with van der Waals surface area (Å²) in [5.41, 5.74) is 2.63. The average molecular weight is 488 g/mol. The predicted octanol–water partition coefficient (Wildman–Crippen LogP) is 3.12. The van der Waals surface area contributed by atoms with Crippen LogP contribution in [0.2, 0.25) is 0 Å². The highest BCUT2D eigenvalue weighted by Gasteiger charge is 2.16. The Kier molecular flexibility index (Phi) is 11.9. The smallest absolute Gasteiger partial charge is 0.191 e. The quantitative estimate of drug-likeness (QED) is 0.228. The van der Waals surface area contributed by atoms with Crippen LogP contribution in [-0.2, 0) is 0 Å². The minimum absolute atomic E-state index is 0. The molecule has 0 saturated carbocycles. The summed E-state index contributed by atoms with van der Waals surface area (Å²) in [5, 5.41) is 16.3. The monoisotopic (exact) mass is 488 g/mol. The van der Waals surface area contributed by atoms with E-state index in [2.05, 4.69) is 60.6 Å². The molecule has 1 heterocycles. The SMILES string of the molecule is CCNC(=NCC(C)c1ccc(C)cc1)NCCCN1CCC(O)CC1.I. The molecule has 1 saturated heterocycles. The van der Waals surface area contributed by atoms with Gasteiger partial charge in [0, 0.05) is 38.6 Å². The standard InChI is InChI=1S/C21H36N4O.HI/c1-4-22-21(23-12-5-13-25-14-10-20(26)11-15-25)24-16-18(3)19-8-6-17(2)7-9-19;/h6-9,18,20,26H,4-5,10-16H2,1-3H3,(H2,22,23,24);1H. The third-order valence-corrected chi connectivity index (χ3v) is 5.01. The van der Waals surface area contributed by atoms with E-state index >= 15 is 0 Å². The highest BCUT2D eigenvalue weighted by atomic mass is 127. The number of aliphatic hydroxyl groups excluding tert-OH is 1. The molecule has 1 unspecified atom stereocenters. The molecule has 1 aliphatic rings. The Balaban J connectivity index is 0.00000364. The van der Waals surface area contributed by atoms with E-state index in [0.29, 0.717) is 5.92 Å².